The maximum Gasteiger partial charge on any atom is 0.320 e. The van der Waals surface area contributed by atoms with E-state index in [9.17, 15) is 14.4 Å². The van der Waals surface area contributed by atoms with E-state index < -0.39 is 18.0 Å². The second-order valence-electron chi connectivity index (χ2n) is 5.84. The lowest BCUT2D eigenvalue weighted by molar-refractivity contribution is -0.140. The number of aryl methyl sites for hydroxylation is 1. The van der Waals surface area contributed by atoms with Crippen molar-refractivity contribution in [2.45, 2.75) is 36.7 Å². The monoisotopic (exact) mass is 427 g/mol. The molecule has 2 aromatic rings. The van der Waals surface area contributed by atoms with Gasteiger partial charge in [-0.2, -0.15) is 4.98 Å². The topological polar surface area (TPSA) is 184 Å². The molecule has 0 spiro atoms. The Morgan fingerprint density at radius 3 is 2.64 bits per heavy atom. The molecule has 0 aromatic carbocycles. The summed E-state index contributed by atoms with van der Waals surface area (Å²) >= 11 is 2.81. The molecule has 8 N–H and O–H groups in total. The van der Waals surface area contributed by atoms with Gasteiger partial charge in [-0.3, -0.25) is 24.7 Å². The van der Waals surface area contributed by atoms with Gasteiger partial charge in [-0.05, 0) is 25.0 Å². The lowest BCUT2D eigenvalue weighted by Gasteiger charge is -2.12. The highest BCUT2D eigenvalue weighted by Gasteiger charge is 2.18. The zero-order valence-corrected chi connectivity index (χ0v) is 16.4. The minimum atomic E-state index is -1.07. The van der Waals surface area contributed by atoms with E-state index in [1.165, 1.54) is 23.1 Å². The van der Waals surface area contributed by atoms with Crippen molar-refractivity contribution in [3.8, 4) is 0 Å². The smallest absolute Gasteiger partial charge is 0.320 e. The molecular formula is C16H21N5O5S2. The molecule has 2 heterocycles. The summed E-state index contributed by atoms with van der Waals surface area (Å²) in [5.74, 6) is -1.41. The minimum absolute atomic E-state index is 0.0190. The average Bonchev–Trinajstić information content (AvgIpc) is 3.04. The summed E-state index contributed by atoms with van der Waals surface area (Å²) in [6.07, 6.45) is 0.504. The van der Waals surface area contributed by atoms with E-state index in [1.54, 1.807) is 0 Å². The minimum Gasteiger partial charge on any atom is -0.481 e. The van der Waals surface area contributed by atoms with Crippen LogP contribution in [0.4, 0.5) is 11.8 Å². The van der Waals surface area contributed by atoms with E-state index >= 15 is 0 Å². The molecule has 0 saturated heterocycles. The van der Waals surface area contributed by atoms with E-state index in [4.69, 9.17) is 21.7 Å². The van der Waals surface area contributed by atoms with Crippen LogP contribution in [0.1, 0.15) is 22.6 Å². The fourth-order valence-corrected chi connectivity index (χ4v) is 4.35. The molecule has 0 radical (unpaired) electrons. The van der Waals surface area contributed by atoms with Crippen molar-refractivity contribution < 1.29 is 19.8 Å². The van der Waals surface area contributed by atoms with Crippen LogP contribution < -0.4 is 22.3 Å². The number of carboxylic acid groups (broad SMARTS) is 2. The molecule has 0 saturated carbocycles. The molecule has 28 heavy (non-hydrogen) atoms. The SMILES string of the molecule is Nc1nc(N)c(SCCc2ccc(CN[C@@H](CCC(=O)O)C(=O)O)s2)c(=O)[nH]1. The van der Waals surface area contributed by atoms with Crippen LogP contribution in [0.15, 0.2) is 21.8 Å². The van der Waals surface area contributed by atoms with Crippen molar-refractivity contribution in [1.82, 2.24) is 15.3 Å². The van der Waals surface area contributed by atoms with Crippen LogP contribution in [0, 0.1) is 0 Å². The van der Waals surface area contributed by atoms with Gasteiger partial charge in [0.15, 0.2) is 0 Å². The maximum atomic E-state index is 11.8. The normalized spacial score (nSPS) is 12.0. The molecule has 12 heteroatoms. The molecule has 10 nitrogen and oxygen atoms in total. The Labute approximate surface area is 168 Å². The van der Waals surface area contributed by atoms with Crippen molar-refractivity contribution >= 4 is 46.8 Å². The number of carbonyl (C=O) groups is 2. The number of aromatic amines is 1. The van der Waals surface area contributed by atoms with Gasteiger partial charge in [0.2, 0.25) is 5.95 Å². The van der Waals surface area contributed by atoms with Crippen molar-refractivity contribution in [3.63, 3.8) is 0 Å². The van der Waals surface area contributed by atoms with Gasteiger partial charge in [-0.1, -0.05) is 0 Å². The summed E-state index contributed by atoms with van der Waals surface area (Å²) in [5, 5.41) is 20.7. The molecule has 152 valence electrons. The van der Waals surface area contributed by atoms with E-state index in [2.05, 4.69) is 15.3 Å². The number of hydrogen-bond donors (Lipinski definition) is 6. The molecule has 2 aromatic heterocycles. The zero-order chi connectivity index (χ0) is 20.7. The molecule has 1 atom stereocenters. The van der Waals surface area contributed by atoms with Crippen LogP contribution in [-0.4, -0.2) is 43.9 Å². The quantitative estimate of drug-likeness (QED) is 0.279. The first-order chi connectivity index (χ1) is 13.3. The van der Waals surface area contributed by atoms with Gasteiger partial charge in [0.05, 0.1) is 0 Å². The van der Waals surface area contributed by atoms with Crippen LogP contribution in [0.2, 0.25) is 0 Å². The highest BCUT2D eigenvalue weighted by atomic mass is 32.2. The predicted octanol–water partition coefficient (Wildman–Crippen LogP) is 0.738. The molecule has 0 aliphatic rings. The van der Waals surface area contributed by atoms with Crippen LogP contribution in [0.25, 0.3) is 0 Å². The number of aliphatic carboxylic acids is 2. The van der Waals surface area contributed by atoms with E-state index in [0.717, 1.165) is 9.75 Å². The number of anilines is 2. The third-order valence-corrected chi connectivity index (χ3v) is 5.94. The predicted molar refractivity (Wildman–Crippen MR) is 108 cm³/mol. The Morgan fingerprint density at radius 2 is 2.00 bits per heavy atom. The van der Waals surface area contributed by atoms with Gasteiger partial charge in [0, 0.05) is 28.5 Å². The van der Waals surface area contributed by atoms with Gasteiger partial charge < -0.3 is 21.7 Å². The van der Waals surface area contributed by atoms with E-state index in [-0.39, 0.29) is 30.2 Å². The van der Waals surface area contributed by atoms with E-state index in [0.29, 0.717) is 23.6 Å². The van der Waals surface area contributed by atoms with Crippen LogP contribution in [0.5, 0.6) is 0 Å². The first-order valence-corrected chi connectivity index (χ1v) is 10.1. The number of rotatable bonds is 11. The van der Waals surface area contributed by atoms with Crippen molar-refractivity contribution in [3.05, 3.63) is 32.2 Å². The fourth-order valence-electron chi connectivity index (χ4n) is 2.35. The number of nitrogens with one attached hydrogen (secondary N) is 2. The summed E-state index contributed by atoms with van der Waals surface area (Å²) < 4.78 is 0. The number of thiophene rings is 1. The highest BCUT2D eigenvalue weighted by molar-refractivity contribution is 7.99. The first-order valence-electron chi connectivity index (χ1n) is 8.30. The van der Waals surface area contributed by atoms with E-state index in [1.807, 2.05) is 12.1 Å². The van der Waals surface area contributed by atoms with Crippen molar-refractivity contribution in [2.24, 2.45) is 0 Å². The van der Waals surface area contributed by atoms with Gasteiger partial charge in [0.1, 0.15) is 16.8 Å². The largest absolute Gasteiger partial charge is 0.481 e. The maximum absolute atomic E-state index is 11.8. The number of hydrogen-bond acceptors (Lipinski definition) is 9. The molecule has 0 amide bonds. The lowest BCUT2D eigenvalue weighted by Crippen LogP contribution is -2.36. The summed E-state index contributed by atoms with van der Waals surface area (Å²) in [5.41, 5.74) is 10.8. The molecule has 0 fully saturated rings. The first kappa shape index (κ1) is 21.7. The molecule has 0 unspecified atom stereocenters. The second-order valence-corrected chi connectivity index (χ2v) is 8.19. The summed E-state index contributed by atoms with van der Waals surface area (Å²) in [4.78, 5) is 42.2. The number of H-pyrrole nitrogens is 1. The third-order valence-electron chi connectivity index (χ3n) is 3.70. The third kappa shape index (κ3) is 6.55. The number of nitrogen functional groups attached to an aromatic ring is 2. The Morgan fingerprint density at radius 1 is 1.29 bits per heavy atom. The van der Waals surface area contributed by atoms with Gasteiger partial charge >= 0.3 is 11.9 Å². The van der Waals surface area contributed by atoms with Gasteiger partial charge in [-0.15, -0.1) is 23.1 Å². The van der Waals surface area contributed by atoms with Gasteiger partial charge in [-0.25, -0.2) is 0 Å². The van der Waals surface area contributed by atoms with Crippen molar-refractivity contribution in [1.29, 1.82) is 0 Å². The number of carboxylic acids is 2. The number of nitrogens with two attached hydrogens (primary N) is 2. The molecule has 0 bridgehead atoms. The standard InChI is InChI=1S/C16H21N5O5S2/c17-13-12(14(24)21-16(18)20-13)27-6-5-8-1-2-9(28-8)7-19-10(15(25)26)3-4-11(22)23/h1-2,10,19H,3-7H2,(H,22,23)(H,25,26)(H5,17,18,20,21,24)/t10-/m0/s1. The fraction of sp³-hybridized carbons (Fsp3) is 0.375. The molecule has 0 aliphatic heterocycles. The molecule has 0 aliphatic carbocycles. The van der Waals surface area contributed by atoms with Gasteiger partial charge in [0.25, 0.3) is 5.56 Å². The number of thioether (sulfide) groups is 1. The Balaban J connectivity index is 1.84. The Bertz CT molecular complexity index is 898. The lowest BCUT2D eigenvalue weighted by atomic mass is 10.1. The molecular weight excluding hydrogens is 406 g/mol. The van der Waals surface area contributed by atoms with Crippen molar-refractivity contribution in [2.75, 3.05) is 17.2 Å². The number of aromatic nitrogens is 2. The average molecular weight is 428 g/mol. The van der Waals surface area contributed by atoms with Crippen LogP contribution >= 0.6 is 23.1 Å². The molecule has 2 rings (SSSR count). The summed E-state index contributed by atoms with van der Waals surface area (Å²) in [7, 11) is 0. The highest BCUT2D eigenvalue weighted by Crippen LogP contribution is 2.23. The Kier molecular flexibility index (Phi) is 7.84. The zero-order valence-electron chi connectivity index (χ0n) is 14.8. The van der Waals surface area contributed by atoms with Crippen LogP contribution in [-0.2, 0) is 22.6 Å². The number of nitrogens with zero attached hydrogens (tertiary/aromatic N) is 1. The second kappa shape index (κ2) is 10.1. The summed E-state index contributed by atoms with van der Waals surface area (Å²) in [6, 6.07) is 2.91. The summed E-state index contributed by atoms with van der Waals surface area (Å²) in [6.45, 7) is 0.336. The Hall–Kier alpha value is -2.57. The van der Waals surface area contributed by atoms with Crippen LogP contribution in [0.3, 0.4) is 0 Å².